The lowest BCUT2D eigenvalue weighted by molar-refractivity contribution is 0.0695. The van der Waals surface area contributed by atoms with Crippen molar-refractivity contribution in [1.29, 1.82) is 0 Å². The lowest BCUT2D eigenvalue weighted by atomic mass is 9.98. The van der Waals surface area contributed by atoms with E-state index < -0.39 is 51.3 Å². The number of aromatic carboxylic acids is 1. The van der Waals surface area contributed by atoms with Crippen LogP contribution < -0.4 is 5.43 Å². The average molecular weight is 428 g/mol. The number of hydrogen-bond acceptors (Lipinski definition) is 3. The molecule has 0 spiro atoms. The molecular weight excluding hydrogens is 416 g/mol. The lowest BCUT2D eigenvalue weighted by Crippen LogP contribution is -2.17. The van der Waals surface area contributed by atoms with Crippen LogP contribution >= 0.6 is 0 Å². The van der Waals surface area contributed by atoms with Crippen molar-refractivity contribution in [3.05, 3.63) is 99.1 Å². The third kappa shape index (κ3) is 3.65. The highest BCUT2D eigenvalue weighted by Gasteiger charge is 2.20. The van der Waals surface area contributed by atoms with Gasteiger partial charge in [-0.05, 0) is 41.0 Å². The highest BCUT2D eigenvalue weighted by atomic mass is 19.1. The molecule has 31 heavy (non-hydrogen) atoms. The summed E-state index contributed by atoms with van der Waals surface area (Å²) in [7, 11) is 0. The molecule has 0 bridgehead atoms. The van der Waals surface area contributed by atoms with Crippen LogP contribution in [0.2, 0.25) is 0 Å². The Morgan fingerprint density at radius 3 is 2.35 bits per heavy atom. The van der Waals surface area contributed by atoms with Crippen LogP contribution in [0, 0.1) is 23.4 Å². The van der Waals surface area contributed by atoms with Crippen molar-refractivity contribution in [2.75, 3.05) is 0 Å². The van der Waals surface area contributed by atoms with Gasteiger partial charge in [-0.25, -0.2) is 22.9 Å². The van der Waals surface area contributed by atoms with Crippen LogP contribution in [0.25, 0.3) is 22.0 Å². The fraction of sp³-hybridized carbons (Fsp3) is 0.0455. The van der Waals surface area contributed by atoms with E-state index in [2.05, 4.69) is 9.97 Å². The largest absolute Gasteiger partial charge is 0.477 e. The summed E-state index contributed by atoms with van der Waals surface area (Å²) in [5.41, 5.74) is -1.66. The molecular formula is C22H12F4N2O3. The topological polar surface area (TPSA) is 83.0 Å². The van der Waals surface area contributed by atoms with Crippen LogP contribution in [-0.4, -0.2) is 21.0 Å². The first-order chi connectivity index (χ1) is 14.8. The van der Waals surface area contributed by atoms with E-state index in [0.29, 0.717) is 11.1 Å². The number of nitrogens with zero attached hydrogens (tertiary/aromatic N) is 1. The second-order valence-corrected chi connectivity index (χ2v) is 6.77. The fourth-order valence-corrected chi connectivity index (χ4v) is 3.29. The minimum absolute atomic E-state index is 0.0565. The number of fused-ring (bicyclic) bond motifs is 1. The molecule has 5 nitrogen and oxygen atoms in total. The average Bonchev–Trinajstić information content (AvgIpc) is 2.73. The number of halogens is 4. The van der Waals surface area contributed by atoms with Crippen LogP contribution in [0.4, 0.5) is 17.6 Å². The molecule has 0 amide bonds. The summed E-state index contributed by atoms with van der Waals surface area (Å²) in [6.07, 6.45) is 1.70. The van der Waals surface area contributed by atoms with Crippen LogP contribution in [0.5, 0.6) is 0 Å². The minimum Gasteiger partial charge on any atom is -0.477 e. The lowest BCUT2D eigenvalue weighted by Gasteiger charge is -2.10. The molecule has 0 aliphatic rings. The van der Waals surface area contributed by atoms with E-state index >= 15 is 0 Å². The number of aromatic amines is 1. The molecule has 156 valence electrons. The monoisotopic (exact) mass is 428 g/mol. The molecule has 0 aliphatic carbocycles. The van der Waals surface area contributed by atoms with E-state index in [0.717, 1.165) is 18.3 Å². The van der Waals surface area contributed by atoms with Crippen molar-refractivity contribution in [2.24, 2.45) is 0 Å². The number of nitrogens with one attached hydrogen (secondary N) is 1. The molecule has 2 N–H and O–H groups in total. The Labute approximate surface area is 171 Å². The van der Waals surface area contributed by atoms with Crippen molar-refractivity contribution >= 4 is 16.9 Å². The first kappa shape index (κ1) is 20.3. The van der Waals surface area contributed by atoms with Crippen molar-refractivity contribution in [3.63, 3.8) is 0 Å². The van der Waals surface area contributed by atoms with Crippen molar-refractivity contribution in [1.82, 2.24) is 9.97 Å². The van der Waals surface area contributed by atoms with Crippen LogP contribution in [0.3, 0.4) is 0 Å². The van der Waals surface area contributed by atoms with Gasteiger partial charge in [0, 0.05) is 24.4 Å². The Bertz CT molecular complexity index is 1400. The van der Waals surface area contributed by atoms with E-state index in [1.165, 1.54) is 30.5 Å². The highest BCUT2D eigenvalue weighted by molar-refractivity contribution is 5.92. The maximum Gasteiger partial charge on any atom is 0.341 e. The number of benzene rings is 2. The molecule has 0 saturated heterocycles. The highest BCUT2D eigenvalue weighted by Crippen LogP contribution is 2.26. The van der Waals surface area contributed by atoms with Gasteiger partial charge in [0.25, 0.3) is 0 Å². The Morgan fingerprint density at radius 1 is 0.968 bits per heavy atom. The smallest absolute Gasteiger partial charge is 0.341 e. The van der Waals surface area contributed by atoms with Crippen molar-refractivity contribution in [3.8, 4) is 11.1 Å². The molecule has 0 atom stereocenters. The second-order valence-electron chi connectivity index (χ2n) is 6.77. The van der Waals surface area contributed by atoms with E-state index in [1.807, 2.05) is 0 Å². The summed E-state index contributed by atoms with van der Waals surface area (Å²) in [6.45, 7) is 0. The molecule has 0 unspecified atom stereocenters. The fourth-order valence-electron chi connectivity index (χ4n) is 3.29. The van der Waals surface area contributed by atoms with Gasteiger partial charge in [0.1, 0.15) is 17.2 Å². The van der Waals surface area contributed by atoms with E-state index in [-0.39, 0.29) is 17.5 Å². The van der Waals surface area contributed by atoms with Crippen LogP contribution in [0.15, 0.2) is 53.6 Å². The first-order valence-corrected chi connectivity index (χ1v) is 8.92. The SMILES string of the molecule is O=C(O)c1c[nH]c2c(F)c(Cc3ccc(-c4ccc(F)nc4)cc3F)cc(F)c2c1=O. The van der Waals surface area contributed by atoms with E-state index in [1.54, 1.807) is 0 Å². The van der Waals surface area contributed by atoms with Gasteiger partial charge in [0.05, 0.1) is 10.9 Å². The summed E-state index contributed by atoms with van der Waals surface area (Å²) in [6, 6.07) is 7.38. The summed E-state index contributed by atoms with van der Waals surface area (Å²) >= 11 is 0. The third-order valence-electron chi connectivity index (χ3n) is 4.85. The molecule has 2 aromatic carbocycles. The number of rotatable bonds is 4. The van der Waals surface area contributed by atoms with E-state index in [4.69, 9.17) is 5.11 Å². The summed E-state index contributed by atoms with van der Waals surface area (Å²) in [5.74, 6) is -5.06. The maximum absolute atomic E-state index is 14.9. The van der Waals surface area contributed by atoms with Crippen LogP contribution in [-0.2, 0) is 6.42 Å². The van der Waals surface area contributed by atoms with Crippen molar-refractivity contribution < 1.29 is 27.5 Å². The number of H-pyrrole nitrogens is 1. The maximum atomic E-state index is 14.9. The predicted octanol–water partition coefficient (Wildman–Crippen LogP) is 4.44. The third-order valence-corrected chi connectivity index (χ3v) is 4.85. The van der Waals surface area contributed by atoms with Crippen molar-refractivity contribution in [2.45, 2.75) is 6.42 Å². The van der Waals surface area contributed by atoms with Gasteiger partial charge in [-0.15, -0.1) is 0 Å². The number of pyridine rings is 2. The molecule has 4 aromatic rings. The summed E-state index contributed by atoms with van der Waals surface area (Å²) in [5, 5.41) is 8.26. The van der Waals surface area contributed by atoms with Gasteiger partial charge < -0.3 is 10.1 Å². The Balaban J connectivity index is 1.74. The Hall–Kier alpha value is -4.01. The second kappa shape index (κ2) is 7.67. The standard InChI is InChI=1S/C22H12F4N2O3/c23-15-6-10(12-3-4-17(25)27-8-12)1-2-11(15)5-13-7-16(24)18-20(19(13)26)28-9-14(21(18)29)22(30)31/h1-4,6-9H,5H2,(H,28,29)(H,30,31). The van der Waals surface area contributed by atoms with Gasteiger partial charge in [0.2, 0.25) is 11.4 Å². The van der Waals surface area contributed by atoms with Crippen LogP contribution in [0.1, 0.15) is 21.5 Å². The number of carboxylic acid groups (broad SMARTS) is 1. The first-order valence-electron chi connectivity index (χ1n) is 8.92. The predicted molar refractivity (Wildman–Crippen MR) is 104 cm³/mol. The molecule has 0 aliphatic heterocycles. The van der Waals surface area contributed by atoms with Gasteiger partial charge >= 0.3 is 5.97 Å². The summed E-state index contributed by atoms with van der Waals surface area (Å²) < 4.78 is 57.0. The minimum atomic E-state index is -1.58. The molecule has 2 aromatic heterocycles. The molecule has 0 saturated carbocycles. The zero-order chi connectivity index (χ0) is 22.3. The number of carbonyl (C=O) groups is 1. The van der Waals surface area contributed by atoms with Gasteiger partial charge in [-0.3, -0.25) is 4.79 Å². The zero-order valence-corrected chi connectivity index (χ0v) is 15.5. The number of aromatic nitrogens is 2. The summed E-state index contributed by atoms with van der Waals surface area (Å²) in [4.78, 5) is 29.0. The molecule has 9 heteroatoms. The zero-order valence-electron chi connectivity index (χ0n) is 15.5. The Morgan fingerprint density at radius 2 is 1.71 bits per heavy atom. The van der Waals surface area contributed by atoms with Gasteiger partial charge in [-0.2, -0.15) is 4.39 Å². The molecule has 4 rings (SSSR count). The van der Waals surface area contributed by atoms with E-state index in [9.17, 15) is 27.2 Å². The normalized spacial score (nSPS) is 11.1. The Kier molecular flexibility index (Phi) is 5.02. The number of carboxylic acids is 1. The quantitative estimate of drug-likeness (QED) is 0.372. The van der Waals surface area contributed by atoms with Gasteiger partial charge in [-0.1, -0.05) is 12.1 Å². The molecule has 0 fully saturated rings. The molecule has 2 heterocycles. The number of hydrogen-bond donors (Lipinski definition) is 2. The molecule has 0 radical (unpaired) electrons. The van der Waals surface area contributed by atoms with Gasteiger partial charge in [0.15, 0.2) is 5.82 Å².